The number of carbonyl (C=O) groups excluding carboxylic acids is 2. The molecule has 0 aliphatic rings. The van der Waals surface area contributed by atoms with E-state index in [1.165, 1.54) is 0 Å². The summed E-state index contributed by atoms with van der Waals surface area (Å²) < 4.78 is 17.1. The summed E-state index contributed by atoms with van der Waals surface area (Å²) in [6.45, 7) is 10.5. The van der Waals surface area contributed by atoms with Crippen molar-refractivity contribution in [3.63, 3.8) is 0 Å². The molecule has 0 aliphatic heterocycles. The summed E-state index contributed by atoms with van der Waals surface area (Å²) in [5, 5.41) is 4.24. The third kappa shape index (κ3) is 8.13. The van der Waals surface area contributed by atoms with Crippen molar-refractivity contribution >= 4 is 22.8 Å². The van der Waals surface area contributed by atoms with Crippen LogP contribution in [0.1, 0.15) is 69.3 Å². The molecule has 0 spiro atoms. The van der Waals surface area contributed by atoms with Crippen LogP contribution in [0.5, 0.6) is 11.5 Å². The van der Waals surface area contributed by atoms with E-state index in [-0.39, 0.29) is 24.7 Å². The number of aromatic amines is 1. The van der Waals surface area contributed by atoms with Gasteiger partial charge in [-0.1, -0.05) is 36.4 Å². The lowest BCUT2D eigenvalue weighted by Gasteiger charge is -2.23. The Morgan fingerprint density at radius 1 is 0.927 bits per heavy atom. The molecule has 0 saturated carbocycles. The van der Waals surface area contributed by atoms with Crippen LogP contribution < -0.4 is 14.8 Å². The lowest BCUT2D eigenvalue weighted by molar-refractivity contribution is -0.154. The number of fused-ring (bicyclic) bond motifs is 1. The highest BCUT2D eigenvalue weighted by Gasteiger charge is 2.22. The molecule has 1 aromatic heterocycles. The van der Waals surface area contributed by atoms with Crippen LogP contribution in [-0.4, -0.2) is 35.7 Å². The van der Waals surface area contributed by atoms with E-state index in [0.29, 0.717) is 25.4 Å². The first-order chi connectivity index (χ1) is 19.7. The lowest BCUT2D eigenvalue weighted by atomic mass is 9.97. The van der Waals surface area contributed by atoms with E-state index in [1.807, 2.05) is 108 Å². The van der Waals surface area contributed by atoms with E-state index < -0.39 is 11.6 Å². The second kappa shape index (κ2) is 13.4. The minimum Gasteiger partial charge on any atom is -0.494 e. The summed E-state index contributed by atoms with van der Waals surface area (Å²) in [7, 11) is 0. The molecule has 3 aromatic carbocycles. The van der Waals surface area contributed by atoms with Crippen molar-refractivity contribution in [2.75, 3.05) is 13.2 Å². The van der Waals surface area contributed by atoms with Gasteiger partial charge in [0.25, 0.3) is 0 Å². The fourth-order valence-electron chi connectivity index (χ4n) is 4.85. The molecule has 41 heavy (non-hydrogen) atoms. The second-order valence-electron chi connectivity index (χ2n) is 10.9. The highest BCUT2D eigenvalue weighted by Crippen LogP contribution is 2.34. The van der Waals surface area contributed by atoms with Crippen LogP contribution in [0.2, 0.25) is 0 Å². The van der Waals surface area contributed by atoms with Gasteiger partial charge in [-0.2, -0.15) is 0 Å². The number of rotatable bonds is 12. The average Bonchev–Trinajstić information content (AvgIpc) is 3.33. The van der Waals surface area contributed by atoms with Crippen LogP contribution >= 0.6 is 0 Å². The molecule has 0 aliphatic carbocycles. The van der Waals surface area contributed by atoms with Crippen molar-refractivity contribution in [1.29, 1.82) is 0 Å². The van der Waals surface area contributed by atoms with Gasteiger partial charge in [0.15, 0.2) is 0 Å². The van der Waals surface area contributed by atoms with Gasteiger partial charge in [-0.05, 0) is 82.0 Å². The monoisotopic (exact) mass is 556 g/mol. The number of esters is 1. The molecule has 0 saturated heterocycles. The second-order valence-corrected chi connectivity index (χ2v) is 10.9. The Labute approximate surface area is 242 Å². The number of benzene rings is 3. The summed E-state index contributed by atoms with van der Waals surface area (Å²) in [5.74, 6) is 1.06. The minimum atomic E-state index is -0.510. The fourth-order valence-corrected chi connectivity index (χ4v) is 4.85. The normalized spacial score (nSPS) is 12.1. The maximum Gasteiger partial charge on any atom is 0.306 e. The Kier molecular flexibility index (Phi) is 9.71. The van der Waals surface area contributed by atoms with Gasteiger partial charge in [0.2, 0.25) is 5.91 Å². The van der Waals surface area contributed by atoms with E-state index in [0.717, 1.165) is 38.9 Å². The molecular weight excluding hydrogens is 516 g/mol. The number of hydrogen-bond acceptors (Lipinski definition) is 5. The molecule has 1 unspecified atom stereocenters. The van der Waals surface area contributed by atoms with Crippen molar-refractivity contribution in [1.82, 2.24) is 10.3 Å². The molecule has 0 bridgehead atoms. The Morgan fingerprint density at radius 3 is 2.39 bits per heavy atom. The van der Waals surface area contributed by atoms with Gasteiger partial charge >= 0.3 is 5.97 Å². The van der Waals surface area contributed by atoms with Gasteiger partial charge < -0.3 is 24.5 Å². The number of aryl methyl sites for hydroxylation is 1. The van der Waals surface area contributed by atoms with Gasteiger partial charge in [0.1, 0.15) is 17.1 Å². The topological polar surface area (TPSA) is 89.7 Å². The number of nitrogens with one attached hydrogen (secondary N) is 2. The van der Waals surface area contributed by atoms with E-state index in [1.54, 1.807) is 0 Å². The zero-order chi connectivity index (χ0) is 29.4. The predicted octanol–water partition coefficient (Wildman–Crippen LogP) is 6.69. The standard InChI is InChI=1S/C34H40N2O5/c1-6-39-26-15-16-27(30(21-26)40-7-2)33(24-11-9-8-10-12-24)36-31(37)20-23-13-17-29-28(19-23)25(22-35-29)14-18-32(38)41-34(3,4)5/h8-13,15-17,19,21-22,33,35H,6-7,14,18,20H2,1-5H3,(H,36,37). The Morgan fingerprint density at radius 2 is 1.68 bits per heavy atom. The number of ether oxygens (including phenoxy) is 3. The van der Waals surface area contributed by atoms with E-state index in [9.17, 15) is 9.59 Å². The summed E-state index contributed by atoms with van der Waals surface area (Å²) in [5.41, 5.74) is 4.18. The van der Waals surface area contributed by atoms with Gasteiger partial charge in [-0.15, -0.1) is 0 Å². The Bertz CT molecular complexity index is 1470. The first-order valence-electron chi connectivity index (χ1n) is 14.2. The number of carbonyl (C=O) groups is 2. The Hall–Kier alpha value is -4.26. The summed E-state index contributed by atoms with van der Waals surface area (Å²) in [4.78, 5) is 29.0. The molecule has 1 amide bonds. The van der Waals surface area contributed by atoms with Gasteiger partial charge in [0.05, 0.1) is 25.7 Å². The first-order valence-corrected chi connectivity index (χ1v) is 14.2. The van der Waals surface area contributed by atoms with Gasteiger partial charge in [-0.25, -0.2) is 0 Å². The Balaban J connectivity index is 1.54. The molecule has 4 aromatic rings. The molecule has 1 atom stereocenters. The number of H-pyrrole nitrogens is 1. The van der Waals surface area contributed by atoms with Crippen molar-refractivity contribution in [3.8, 4) is 11.5 Å². The van der Waals surface area contributed by atoms with Crippen LogP contribution in [0.3, 0.4) is 0 Å². The van der Waals surface area contributed by atoms with Crippen molar-refractivity contribution in [2.24, 2.45) is 0 Å². The van der Waals surface area contributed by atoms with Crippen LogP contribution in [0, 0.1) is 0 Å². The van der Waals surface area contributed by atoms with Crippen LogP contribution in [0.15, 0.2) is 72.9 Å². The average molecular weight is 557 g/mol. The number of aromatic nitrogens is 1. The van der Waals surface area contributed by atoms with Crippen LogP contribution in [-0.2, 0) is 27.2 Å². The molecule has 0 fully saturated rings. The third-order valence-electron chi connectivity index (χ3n) is 6.56. The zero-order valence-electron chi connectivity index (χ0n) is 24.6. The zero-order valence-corrected chi connectivity index (χ0v) is 24.6. The van der Waals surface area contributed by atoms with Crippen LogP contribution in [0.25, 0.3) is 10.9 Å². The van der Waals surface area contributed by atoms with Crippen molar-refractivity contribution < 1.29 is 23.8 Å². The SMILES string of the molecule is CCOc1ccc(C(NC(=O)Cc2ccc3[nH]cc(CCC(=O)OC(C)(C)C)c3c2)c2ccccc2)c(OCC)c1. The molecule has 4 rings (SSSR count). The van der Waals surface area contributed by atoms with Crippen LogP contribution in [0.4, 0.5) is 0 Å². The van der Waals surface area contributed by atoms with E-state index in [2.05, 4.69) is 10.3 Å². The van der Waals surface area contributed by atoms with Crippen molar-refractivity contribution in [3.05, 3.63) is 95.2 Å². The molecule has 2 N–H and O–H groups in total. The minimum absolute atomic E-state index is 0.111. The molecule has 0 radical (unpaired) electrons. The van der Waals surface area contributed by atoms with Gasteiger partial charge in [0, 0.05) is 35.2 Å². The summed E-state index contributed by atoms with van der Waals surface area (Å²) >= 11 is 0. The molecular formula is C34H40N2O5. The third-order valence-corrected chi connectivity index (χ3v) is 6.56. The molecule has 216 valence electrons. The van der Waals surface area contributed by atoms with Gasteiger partial charge in [-0.3, -0.25) is 9.59 Å². The van der Waals surface area contributed by atoms with Crippen molar-refractivity contribution in [2.45, 2.75) is 65.5 Å². The highest BCUT2D eigenvalue weighted by molar-refractivity contribution is 5.87. The fraction of sp³-hybridized carbons (Fsp3) is 0.353. The highest BCUT2D eigenvalue weighted by atomic mass is 16.6. The maximum atomic E-state index is 13.5. The van der Waals surface area contributed by atoms with E-state index >= 15 is 0 Å². The predicted molar refractivity (Wildman–Crippen MR) is 161 cm³/mol. The summed E-state index contributed by atoms with van der Waals surface area (Å²) in [6.07, 6.45) is 2.97. The molecule has 1 heterocycles. The largest absolute Gasteiger partial charge is 0.494 e. The molecule has 7 nitrogen and oxygen atoms in total. The maximum absolute atomic E-state index is 13.5. The van der Waals surface area contributed by atoms with E-state index in [4.69, 9.17) is 14.2 Å². The quantitative estimate of drug-likeness (QED) is 0.190. The lowest BCUT2D eigenvalue weighted by Crippen LogP contribution is -2.31. The smallest absolute Gasteiger partial charge is 0.306 e. The number of hydrogen-bond donors (Lipinski definition) is 2. The molecule has 7 heteroatoms. The number of amides is 1. The first kappa shape index (κ1) is 29.7. The summed E-state index contributed by atoms with van der Waals surface area (Å²) in [6, 6.07) is 21.2.